The Morgan fingerprint density at radius 1 is 1.06 bits per heavy atom. The average Bonchev–Trinajstić information content (AvgIpc) is 3.24. The Balaban J connectivity index is 1.78. The lowest BCUT2D eigenvalue weighted by Gasteiger charge is -2.46. The second-order valence-electron chi connectivity index (χ2n) is 8.28. The van der Waals surface area contributed by atoms with Crippen molar-refractivity contribution in [3.05, 3.63) is 83.2 Å². The Kier molecular flexibility index (Phi) is 5.34. The number of benzene rings is 2. The zero-order valence-electron chi connectivity index (χ0n) is 19.8. The molecule has 2 aromatic carbocycles. The number of fused-ring (bicyclic) bond motifs is 5. The number of H-pyrrole nitrogens is 1. The molecule has 0 saturated heterocycles. The maximum Gasteiger partial charge on any atom is 0.336 e. The predicted octanol–water partition coefficient (Wildman–Crippen LogP) is 4.49. The second-order valence-corrected chi connectivity index (χ2v) is 8.28. The SMILES string of the molecule is [2H][C@]12c3[nH]c4ccccc4c3CCN1C=C(C(=O)OCC)[C@@H](c1ccccc1)[C@H]2C(=O)OCC. The number of rotatable bonds is 5. The third-order valence-electron chi connectivity index (χ3n) is 6.45. The molecule has 1 N–H and O–H groups in total. The lowest BCUT2D eigenvalue weighted by molar-refractivity contribution is -0.152. The molecule has 6 heteroatoms. The van der Waals surface area contributed by atoms with E-state index in [0.29, 0.717) is 24.2 Å². The highest BCUT2D eigenvalue weighted by Crippen LogP contribution is 2.50. The molecule has 5 rings (SSSR count). The van der Waals surface area contributed by atoms with E-state index in [1.807, 2.05) is 54.6 Å². The molecule has 3 aromatic rings. The minimum Gasteiger partial charge on any atom is -0.466 e. The third kappa shape index (κ3) is 3.59. The van der Waals surface area contributed by atoms with Crippen molar-refractivity contribution in [3.63, 3.8) is 0 Å². The van der Waals surface area contributed by atoms with Gasteiger partial charge in [-0.3, -0.25) is 4.79 Å². The summed E-state index contributed by atoms with van der Waals surface area (Å²) in [5.41, 5.74) is 3.79. The van der Waals surface area contributed by atoms with Crippen LogP contribution in [-0.2, 0) is 25.5 Å². The molecule has 0 fully saturated rings. The summed E-state index contributed by atoms with van der Waals surface area (Å²) in [5.74, 6) is -2.65. The molecule has 2 aliphatic rings. The quantitative estimate of drug-likeness (QED) is 0.586. The van der Waals surface area contributed by atoms with E-state index in [9.17, 15) is 11.0 Å². The molecule has 0 radical (unpaired) electrons. The molecule has 0 unspecified atom stereocenters. The number of aromatic amines is 1. The summed E-state index contributed by atoms with van der Waals surface area (Å²) in [6, 6.07) is 15.9. The normalized spacial score (nSPS) is 24.4. The first-order valence-electron chi connectivity index (χ1n) is 12.0. The molecular formula is C27H28N2O4. The zero-order chi connectivity index (χ0) is 23.9. The van der Waals surface area contributed by atoms with Crippen LogP contribution in [0.4, 0.5) is 0 Å². The fourth-order valence-electron chi connectivity index (χ4n) is 5.13. The minimum absolute atomic E-state index is 0.185. The van der Waals surface area contributed by atoms with Gasteiger partial charge in [-0.2, -0.15) is 0 Å². The average molecular weight is 446 g/mol. The van der Waals surface area contributed by atoms with E-state index < -0.39 is 29.8 Å². The van der Waals surface area contributed by atoms with E-state index in [1.54, 1.807) is 24.9 Å². The largest absolute Gasteiger partial charge is 0.466 e. The van der Waals surface area contributed by atoms with Gasteiger partial charge in [0.15, 0.2) is 0 Å². The first kappa shape index (κ1) is 20.1. The van der Waals surface area contributed by atoms with Crippen molar-refractivity contribution >= 4 is 22.8 Å². The van der Waals surface area contributed by atoms with Crippen molar-refractivity contribution in [3.8, 4) is 0 Å². The first-order valence-corrected chi connectivity index (χ1v) is 11.5. The topological polar surface area (TPSA) is 71.6 Å². The number of carbonyl (C=O) groups is 2. The summed E-state index contributed by atoms with van der Waals surface area (Å²) in [6.45, 7) is 4.42. The molecule has 6 nitrogen and oxygen atoms in total. The first-order chi connectivity index (χ1) is 16.5. The monoisotopic (exact) mass is 445 g/mol. The highest BCUT2D eigenvalue weighted by Gasteiger charge is 2.50. The Morgan fingerprint density at radius 2 is 1.79 bits per heavy atom. The summed E-state index contributed by atoms with van der Waals surface area (Å²) < 4.78 is 20.8. The van der Waals surface area contributed by atoms with E-state index >= 15 is 0 Å². The van der Waals surface area contributed by atoms with Crippen LogP contribution < -0.4 is 0 Å². The predicted molar refractivity (Wildman–Crippen MR) is 125 cm³/mol. The highest BCUT2D eigenvalue weighted by atomic mass is 16.5. The molecule has 1 aromatic heterocycles. The Hall–Kier alpha value is -3.54. The minimum atomic E-state index is -1.48. The lowest BCUT2D eigenvalue weighted by Crippen LogP contribution is -2.47. The Labute approximate surface area is 194 Å². The van der Waals surface area contributed by atoms with Crippen molar-refractivity contribution in [2.45, 2.75) is 32.2 Å². The molecule has 2 aliphatic heterocycles. The summed E-state index contributed by atoms with van der Waals surface area (Å²) in [6.07, 6.45) is 2.42. The fourth-order valence-corrected chi connectivity index (χ4v) is 5.13. The van der Waals surface area contributed by atoms with E-state index in [-0.39, 0.29) is 13.2 Å². The number of nitrogens with one attached hydrogen (secondary N) is 1. The number of aromatic nitrogens is 1. The van der Waals surface area contributed by atoms with Crippen LogP contribution in [0.25, 0.3) is 10.9 Å². The Bertz CT molecular complexity index is 1270. The number of esters is 2. The van der Waals surface area contributed by atoms with Crippen LogP contribution in [0.1, 0.15) is 44.0 Å². The molecule has 0 amide bonds. The van der Waals surface area contributed by atoms with Gasteiger partial charge in [0, 0.05) is 35.3 Å². The van der Waals surface area contributed by atoms with E-state index in [1.165, 1.54) is 0 Å². The van der Waals surface area contributed by atoms with Gasteiger partial charge < -0.3 is 19.4 Å². The van der Waals surface area contributed by atoms with Crippen molar-refractivity contribution in [1.82, 2.24) is 9.88 Å². The van der Waals surface area contributed by atoms with Gasteiger partial charge in [0.2, 0.25) is 0 Å². The van der Waals surface area contributed by atoms with E-state index in [2.05, 4.69) is 4.98 Å². The molecule has 0 bridgehead atoms. The van der Waals surface area contributed by atoms with E-state index in [4.69, 9.17) is 9.47 Å². The molecule has 33 heavy (non-hydrogen) atoms. The van der Waals surface area contributed by atoms with E-state index in [0.717, 1.165) is 22.0 Å². The number of para-hydroxylation sites is 1. The van der Waals surface area contributed by atoms with Gasteiger partial charge in [-0.1, -0.05) is 48.5 Å². The van der Waals surface area contributed by atoms with Crippen LogP contribution in [0.3, 0.4) is 0 Å². The fraction of sp³-hybridized carbons (Fsp3) is 0.333. The Morgan fingerprint density at radius 3 is 2.55 bits per heavy atom. The number of nitrogens with zero attached hydrogens (tertiary/aromatic N) is 1. The molecule has 0 saturated carbocycles. The summed E-state index contributed by atoms with van der Waals surface area (Å²) in [4.78, 5) is 32.0. The number of hydrogen-bond acceptors (Lipinski definition) is 5. The standard InChI is InChI=1S/C27H28N2O4/c1-3-32-26(30)20-16-29-15-14-19-18-12-8-9-13-21(18)28-24(19)25(29)23(27(31)33-4-2)22(20)17-10-6-5-7-11-17/h5-13,16,22-23,25,28H,3-4,14-15H2,1-2H3/t22-,23-,25+/m1/s1/i25D. The molecule has 0 spiro atoms. The van der Waals surface area contributed by atoms with Crippen molar-refractivity contribution in [2.24, 2.45) is 5.92 Å². The van der Waals surface area contributed by atoms with Gasteiger partial charge >= 0.3 is 11.9 Å². The van der Waals surface area contributed by atoms with Crippen LogP contribution in [-0.4, -0.2) is 41.6 Å². The van der Waals surface area contributed by atoms with Crippen LogP contribution in [0.15, 0.2) is 66.4 Å². The molecular weight excluding hydrogens is 416 g/mol. The summed E-state index contributed by atoms with van der Waals surface area (Å²) >= 11 is 0. The molecule has 3 heterocycles. The third-order valence-corrected chi connectivity index (χ3v) is 6.45. The van der Waals surface area contributed by atoms with Crippen molar-refractivity contribution in [1.29, 1.82) is 0 Å². The van der Waals surface area contributed by atoms with Gasteiger partial charge in [-0.25, -0.2) is 4.79 Å². The number of carbonyl (C=O) groups excluding carboxylic acids is 2. The van der Waals surface area contributed by atoms with Crippen LogP contribution >= 0.6 is 0 Å². The van der Waals surface area contributed by atoms with Gasteiger partial charge in [0.05, 0.1) is 32.1 Å². The molecule has 0 aliphatic carbocycles. The van der Waals surface area contributed by atoms with Crippen LogP contribution in [0.5, 0.6) is 0 Å². The van der Waals surface area contributed by atoms with Crippen molar-refractivity contribution in [2.75, 3.05) is 19.8 Å². The van der Waals surface area contributed by atoms with Crippen LogP contribution in [0, 0.1) is 5.92 Å². The lowest BCUT2D eigenvalue weighted by atomic mass is 9.71. The van der Waals surface area contributed by atoms with Gasteiger partial charge in [0.25, 0.3) is 0 Å². The van der Waals surface area contributed by atoms with Crippen LogP contribution in [0.2, 0.25) is 0 Å². The molecule has 3 atom stereocenters. The second kappa shape index (κ2) is 8.77. The number of hydrogen-bond donors (Lipinski definition) is 1. The zero-order valence-corrected chi connectivity index (χ0v) is 18.8. The summed E-state index contributed by atoms with van der Waals surface area (Å²) in [5, 5.41) is 1.06. The molecule has 170 valence electrons. The smallest absolute Gasteiger partial charge is 0.336 e. The summed E-state index contributed by atoms with van der Waals surface area (Å²) in [7, 11) is 0. The van der Waals surface area contributed by atoms with Gasteiger partial charge in [0.1, 0.15) is 0 Å². The number of ether oxygens (including phenoxy) is 2. The van der Waals surface area contributed by atoms with Gasteiger partial charge in [-0.05, 0) is 37.5 Å². The van der Waals surface area contributed by atoms with Crippen molar-refractivity contribution < 1.29 is 20.4 Å². The van der Waals surface area contributed by atoms with Gasteiger partial charge in [-0.15, -0.1) is 0 Å². The highest BCUT2D eigenvalue weighted by molar-refractivity contribution is 5.93. The maximum absolute atomic E-state index is 13.6. The maximum atomic E-state index is 13.6.